The van der Waals surface area contributed by atoms with Crippen molar-refractivity contribution in [3.05, 3.63) is 22.2 Å². The molecule has 0 aliphatic carbocycles. The lowest BCUT2D eigenvalue weighted by Gasteiger charge is -2.17. The van der Waals surface area contributed by atoms with Crippen molar-refractivity contribution in [1.29, 1.82) is 0 Å². The number of aliphatic hydroxyl groups excluding tert-OH is 1. The third-order valence-electron chi connectivity index (χ3n) is 3.20. The van der Waals surface area contributed by atoms with E-state index in [4.69, 9.17) is 14.2 Å². The van der Waals surface area contributed by atoms with Gasteiger partial charge in [0.1, 0.15) is 0 Å². The van der Waals surface area contributed by atoms with Crippen molar-refractivity contribution < 1.29 is 19.3 Å². The Kier molecular flexibility index (Phi) is 2.98. The molecule has 1 N–H and O–H groups in total. The fraction of sp³-hybridized carbons (Fsp3) is 0.500. The summed E-state index contributed by atoms with van der Waals surface area (Å²) < 4.78 is 16.8. The molecule has 2 aliphatic heterocycles. The highest BCUT2D eigenvalue weighted by molar-refractivity contribution is 9.10. The fourth-order valence-electron chi connectivity index (χ4n) is 2.23. The largest absolute Gasteiger partial charge is 0.454 e. The first-order valence-corrected chi connectivity index (χ1v) is 6.40. The van der Waals surface area contributed by atoms with Crippen LogP contribution in [0.15, 0.2) is 16.6 Å². The summed E-state index contributed by atoms with van der Waals surface area (Å²) in [5.74, 6) is 1.57. The molecule has 4 nitrogen and oxygen atoms in total. The van der Waals surface area contributed by atoms with Crippen molar-refractivity contribution in [3.63, 3.8) is 0 Å². The molecule has 1 aromatic rings. The summed E-state index contributed by atoms with van der Waals surface area (Å²) in [5.41, 5.74) is 0.844. The summed E-state index contributed by atoms with van der Waals surface area (Å²) in [5, 5.41) is 10.3. The molecule has 0 bridgehead atoms. The SMILES string of the molecule is OC(c1cc(Br)c2c(c1)OCO2)C1CCOC1. The second-order valence-electron chi connectivity index (χ2n) is 4.31. The molecule has 1 saturated heterocycles. The maximum Gasteiger partial charge on any atom is 0.231 e. The molecule has 0 spiro atoms. The normalized spacial score (nSPS) is 24.0. The van der Waals surface area contributed by atoms with Gasteiger partial charge in [-0.3, -0.25) is 0 Å². The Hall–Kier alpha value is -0.780. The molecule has 2 atom stereocenters. The number of halogens is 1. The minimum Gasteiger partial charge on any atom is -0.454 e. The molecule has 0 radical (unpaired) electrons. The second kappa shape index (κ2) is 4.48. The summed E-state index contributed by atoms with van der Waals surface area (Å²) in [7, 11) is 0. The lowest BCUT2D eigenvalue weighted by Crippen LogP contribution is -2.12. The third kappa shape index (κ3) is 2.03. The predicted molar refractivity (Wildman–Crippen MR) is 64.2 cm³/mol. The van der Waals surface area contributed by atoms with E-state index in [0.717, 1.165) is 23.1 Å². The van der Waals surface area contributed by atoms with Gasteiger partial charge < -0.3 is 19.3 Å². The van der Waals surface area contributed by atoms with Crippen LogP contribution < -0.4 is 9.47 Å². The maximum atomic E-state index is 10.3. The van der Waals surface area contributed by atoms with E-state index in [9.17, 15) is 5.11 Å². The van der Waals surface area contributed by atoms with Crippen molar-refractivity contribution in [1.82, 2.24) is 0 Å². The molecule has 92 valence electrons. The minimum absolute atomic E-state index is 0.169. The number of benzene rings is 1. The Morgan fingerprint density at radius 2 is 2.24 bits per heavy atom. The van der Waals surface area contributed by atoms with E-state index >= 15 is 0 Å². The van der Waals surface area contributed by atoms with Crippen LogP contribution in [0.4, 0.5) is 0 Å². The molecule has 0 amide bonds. The minimum atomic E-state index is -0.511. The smallest absolute Gasteiger partial charge is 0.231 e. The Bertz CT molecular complexity index is 429. The molecule has 5 heteroatoms. The zero-order valence-electron chi connectivity index (χ0n) is 9.19. The quantitative estimate of drug-likeness (QED) is 0.910. The zero-order valence-corrected chi connectivity index (χ0v) is 10.8. The first-order chi connectivity index (χ1) is 8.25. The average molecular weight is 301 g/mol. The summed E-state index contributed by atoms with van der Waals surface area (Å²) >= 11 is 3.43. The van der Waals surface area contributed by atoms with Crippen LogP contribution in [0.2, 0.25) is 0 Å². The summed E-state index contributed by atoms with van der Waals surface area (Å²) in [6.07, 6.45) is 0.385. The van der Waals surface area contributed by atoms with Crippen LogP contribution in [0.3, 0.4) is 0 Å². The summed E-state index contributed by atoms with van der Waals surface area (Å²) in [4.78, 5) is 0. The lowest BCUT2D eigenvalue weighted by molar-refractivity contribution is 0.0915. The maximum absolute atomic E-state index is 10.3. The molecular weight excluding hydrogens is 288 g/mol. The molecule has 0 saturated carbocycles. The number of ether oxygens (including phenoxy) is 3. The molecular formula is C12H13BrO4. The Morgan fingerprint density at radius 1 is 1.35 bits per heavy atom. The van der Waals surface area contributed by atoms with Gasteiger partial charge in [-0.05, 0) is 40.0 Å². The Labute approximate surface area is 108 Å². The van der Waals surface area contributed by atoms with Crippen molar-refractivity contribution in [2.45, 2.75) is 12.5 Å². The van der Waals surface area contributed by atoms with Gasteiger partial charge >= 0.3 is 0 Å². The van der Waals surface area contributed by atoms with Crippen LogP contribution in [-0.4, -0.2) is 25.1 Å². The lowest BCUT2D eigenvalue weighted by atomic mass is 9.95. The molecule has 2 heterocycles. The summed E-state index contributed by atoms with van der Waals surface area (Å²) in [6.45, 7) is 1.58. The van der Waals surface area contributed by atoms with E-state index in [1.54, 1.807) is 0 Å². The van der Waals surface area contributed by atoms with Crippen LogP contribution in [-0.2, 0) is 4.74 Å². The van der Waals surface area contributed by atoms with Crippen LogP contribution >= 0.6 is 15.9 Å². The van der Waals surface area contributed by atoms with Crippen molar-refractivity contribution in [3.8, 4) is 11.5 Å². The van der Waals surface area contributed by atoms with Crippen molar-refractivity contribution in [2.75, 3.05) is 20.0 Å². The van der Waals surface area contributed by atoms with Gasteiger partial charge in [0.25, 0.3) is 0 Å². The first kappa shape index (κ1) is 11.3. The summed E-state index contributed by atoms with van der Waals surface area (Å²) in [6, 6.07) is 3.73. The number of fused-ring (bicyclic) bond motifs is 1. The van der Waals surface area contributed by atoms with Gasteiger partial charge in [0.05, 0.1) is 17.2 Å². The van der Waals surface area contributed by atoms with E-state index in [1.165, 1.54) is 0 Å². The second-order valence-corrected chi connectivity index (χ2v) is 5.16. The fourth-order valence-corrected chi connectivity index (χ4v) is 2.81. The molecule has 17 heavy (non-hydrogen) atoms. The van der Waals surface area contributed by atoms with Gasteiger partial charge in [-0.25, -0.2) is 0 Å². The number of rotatable bonds is 2. The van der Waals surface area contributed by atoms with Crippen LogP contribution in [0.5, 0.6) is 11.5 Å². The van der Waals surface area contributed by atoms with Gasteiger partial charge in [-0.15, -0.1) is 0 Å². The standard InChI is InChI=1S/C12H13BrO4/c13-9-3-8(4-10-12(9)17-6-16-10)11(14)7-1-2-15-5-7/h3-4,7,11,14H,1-2,5-6H2. The molecule has 2 aliphatic rings. The van der Waals surface area contributed by atoms with E-state index in [1.807, 2.05) is 12.1 Å². The van der Waals surface area contributed by atoms with Crippen LogP contribution in [0.1, 0.15) is 18.1 Å². The van der Waals surface area contributed by atoms with Gasteiger partial charge in [-0.2, -0.15) is 0 Å². The van der Waals surface area contributed by atoms with Gasteiger partial charge in [0.15, 0.2) is 11.5 Å². The molecule has 3 rings (SSSR count). The van der Waals surface area contributed by atoms with Gasteiger partial charge in [0.2, 0.25) is 6.79 Å². The highest BCUT2D eigenvalue weighted by Crippen LogP contribution is 2.42. The number of hydrogen-bond acceptors (Lipinski definition) is 4. The molecule has 1 aromatic carbocycles. The monoisotopic (exact) mass is 300 g/mol. The molecule has 1 fully saturated rings. The Morgan fingerprint density at radius 3 is 3.00 bits per heavy atom. The topological polar surface area (TPSA) is 47.9 Å². The van der Waals surface area contributed by atoms with E-state index in [2.05, 4.69) is 15.9 Å². The molecule has 0 aromatic heterocycles. The third-order valence-corrected chi connectivity index (χ3v) is 3.79. The van der Waals surface area contributed by atoms with Crippen molar-refractivity contribution >= 4 is 15.9 Å². The van der Waals surface area contributed by atoms with Crippen LogP contribution in [0, 0.1) is 5.92 Å². The van der Waals surface area contributed by atoms with E-state index in [0.29, 0.717) is 18.1 Å². The highest BCUT2D eigenvalue weighted by Gasteiger charge is 2.28. The first-order valence-electron chi connectivity index (χ1n) is 5.60. The van der Waals surface area contributed by atoms with Gasteiger partial charge in [0, 0.05) is 12.5 Å². The zero-order chi connectivity index (χ0) is 11.8. The van der Waals surface area contributed by atoms with E-state index in [-0.39, 0.29) is 12.7 Å². The average Bonchev–Trinajstić information content (AvgIpc) is 2.98. The van der Waals surface area contributed by atoms with E-state index < -0.39 is 6.10 Å². The highest BCUT2D eigenvalue weighted by atomic mass is 79.9. The number of hydrogen-bond donors (Lipinski definition) is 1. The number of aliphatic hydroxyl groups is 1. The predicted octanol–water partition coefficient (Wildman–Crippen LogP) is 2.25. The van der Waals surface area contributed by atoms with Gasteiger partial charge in [-0.1, -0.05) is 0 Å². The Balaban J connectivity index is 1.90. The molecule has 2 unspecified atom stereocenters. The van der Waals surface area contributed by atoms with Crippen molar-refractivity contribution in [2.24, 2.45) is 5.92 Å². The van der Waals surface area contributed by atoms with Crippen LogP contribution in [0.25, 0.3) is 0 Å².